The van der Waals surface area contributed by atoms with E-state index in [1.807, 2.05) is 0 Å². The SMILES string of the molecule is O=C(OCC(F)(F)C(F)F)P(=O)(O)O. The van der Waals surface area contributed by atoms with Crippen LogP contribution in [0.3, 0.4) is 0 Å². The molecule has 0 bridgehead atoms. The summed E-state index contributed by atoms with van der Waals surface area (Å²) < 4.78 is 60.2. The predicted octanol–water partition coefficient (Wildman–Crippen LogP) is 1.20. The van der Waals surface area contributed by atoms with Gasteiger partial charge in [0.05, 0.1) is 0 Å². The number of hydrogen-bond acceptors (Lipinski definition) is 3. The second kappa shape index (κ2) is 4.24. The van der Waals surface area contributed by atoms with Crippen molar-refractivity contribution < 1.29 is 41.4 Å². The Morgan fingerprint density at radius 1 is 1.43 bits per heavy atom. The van der Waals surface area contributed by atoms with Crippen molar-refractivity contribution in [1.82, 2.24) is 0 Å². The Kier molecular flexibility index (Phi) is 4.04. The van der Waals surface area contributed by atoms with Gasteiger partial charge in [0.25, 0.3) is 0 Å². The summed E-state index contributed by atoms with van der Waals surface area (Å²) in [6.07, 6.45) is -4.08. The first-order valence-corrected chi connectivity index (χ1v) is 4.57. The molecule has 0 amide bonds. The number of alkyl halides is 4. The van der Waals surface area contributed by atoms with E-state index in [1.165, 1.54) is 0 Å². The standard InChI is InChI=1S/C4H5F4O5P/c5-2(6)4(7,8)1-13-3(9)14(10,11)12/h2H,1H2,(H2,10,11,12). The van der Waals surface area contributed by atoms with Crippen LogP contribution in [-0.4, -0.2) is 34.5 Å². The molecule has 0 radical (unpaired) electrons. The number of ether oxygens (including phenoxy) is 1. The Bertz CT molecular complexity index is 260. The molecule has 0 spiro atoms. The van der Waals surface area contributed by atoms with Crippen molar-refractivity contribution in [3.05, 3.63) is 0 Å². The number of hydrogen-bond donors (Lipinski definition) is 2. The molecule has 0 atom stereocenters. The third-order valence-corrected chi connectivity index (χ3v) is 1.55. The average Bonchev–Trinajstić information content (AvgIpc) is 1.98. The van der Waals surface area contributed by atoms with E-state index in [2.05, 4.69) is 4.74 Å². The Morgan fingerprint density at radius 2 is 1.86 bits per heavy atom. The molecule has 0 fully saturated rings. The zero-order chi connectivity index (χ0) is 11.6. The summed E-state index contributed by atoms with van der Waals surface area (Å²) in [4.78, 5) is 26.2. The van der Waals surface area contributed by atoms with E-state index >= 15 is 0 Å². The van der Waals surface area contributed by atoms with Crippen LogP contribution in [-0.2, 0) is 9.30 Å². The highest BCUT2D eigenvalue weighted by Crippen LogP contribution is 2.37. The molecule has 10 heteroatoms. The molecule has 0 aliphatic carbocycles. The minimum atomic E-state index is -5.31. The Labute approximate surface area is 74.8 Å². The molecule has 0 saturated carbocycles. The molecular weight excluding hydrogens is 235 g/mol. The zero-order valence-electron chi connectivity index (χ0n) is 6.36. The fourth-order valence-electron chi connectivity index (χ4n) is 0.305. The first kappa shape index (κ1) is 13.3. The van der Waals surface area contributed by atoms with Crippen molar-refractivity contribution in [3.8, 4) is 0 Å². The summed E-state index contributed by atoms with van der Waals surface area (Å²) in [7, 11) is -5.31. The van der Waals surface area contributed by atoms with Gasteiger partial charge in [-0.25, -0.2) is 18.1 Å². The molecule has 14 heavy (non-hydrogen) atoms. The molecule has 0 aliphatic heterocycles. The van der Waals surface area contributed by atoms with E-state index in [1.54, 1.807) is 0 Å². The highest BCUT2D eigenvalue weighted by atomic mass is 31.2. The minimum absolute atomic E-state index is 2.07. The predicted molar refractivity (Wildman–Crippen MR) is 34.3 cm³/mol. The maximum atomic E-state index is 12.0. The molecule has 0 saturated heterocycles. The Morgan fingerprint density at radius 3 is 2.14 bits per heavy atom. The van der Waals surface area contributed by atoms with Crippen molar-refractivity contribution in [3.63, 3.8) is 0 Å². The zero-order valence-corrected chi connectivity index (χ0v) is 7.26. The maximum Gasteiger partial charge on any atom is 0.433 e. The lowest BCUT2D eigenvalue weighted by atomic mass is 10.4. The average molecular weight is 240 g/mol. The summed E-state index contributed by atoms with van der Waals surface area (Å²) in [5, 5.41) is 0. The van der Waals surface area contributed by atoms with Crippen molar-refractivity contribution in [1.29, 1.82) is 0 Å². The number of halogens is 4. The summed E-state index contributed by atoms with van der Waals surface area (Å²) in [5.41, 5.74) is -2.27. The summed E-state index contributed by atoms with van der Waals surface area (Å²) in [6, 6.07) is 0. The first-order valence-electron chi connectivity index (χ1n) is 2.96. The fraction of sp³-hybridized carbons (Fsp3) is 0.750. The highest BCUT2D eigenvalue weighted by Gasteiger charge is 2.43. The van der Waals surface area contributed by atoms with Gasteiger partial charge in [-0.1, -0.05) is 0 Å². The lowest BCUT2D eigenvalue weighted by molar-refractivity contribution is -0.152. The van der Waals surface area contributed by atoms with E-state index in [0.717, 1.165) is 0 Å². The van der Waals surface area contributed by atoms with Gasteiger partial charge in [-0.05, 0) is 0 Å². The Hall–Kier alpha value is -0.660. The van der Waals surface area contributed by atoms with Crippen LogP contribution in [0.2, 0.25) is 0 Å². The molecule has 84 valence electrons. The molecule has 0 aliphatic rings. The van der Waals surface area contributed by atoms with Crippen LogP contribution in [0, 0.1) is 0 Å². The van der Waals surface area contributed by atoms with Crippen LogP contribution in [0.4, 0.5) is 22.4 Å². The lowest BCUT2D eigenvalue weighted by Gasteiger charge is -2.14. The largest absolute Gasteiger partial charge is 0.450 e. The third-order valence-electron chi connectivity index (χ3n) is 0.945. The second-order valence-electron chi connectivity index (χ2n) is 2.16. The van der Waals surface area contributed by atoms with Gasteiger partial charge < -0.3 is 14.5 Å². The van der Waals surface area contributed by atoms with E-state index in [9.17, 15) is 26.9 Å². The number of carbonyl (C=O) groups is 1. The lowest BCUT2D eigenvalue weighted by Crippen LogP contribution is -2.33. The monoisotopic (exact) mass is 240 g/mol. The van der Waals surface area contributed by atoms with Crippen LogP contribution in [0.25, 0.3) is 0 Å². The summed E-state index contributed by atoms with van der Waals surface area (Å²) >= 11 is 0. The normalized spacial score (nSPS) is 13.1. The van der Waals surface area contributed by atoms with Crippen molar-refractivity contribution >= 4 is 13.3 Å². The quantitative estimate of drug-likeness (QED) is 0.569. The molecule has 0 aromatic rings. The molecule has 0 aromatic carbocycles. The van der Waals surface area contributed by atoms with Gasteiger partial charge in [0, 0.05) is 0 Å². The topological polar surface area (TPSA) is 83.8 Å². The minimum Gasteiger partial charge on any atom is -0.450 e. The second-order valence-corrected chi connectivity index (χ2v) is 3.61. The molecular formula is C4H5F4O5P. The summed E-state index contributed by atoms with van der Waals surface area (Å²) in [6.45, 7) is -2.07. The Balaban J connectivity index is 4.21. The molecule has 2 N–H and O–H groups in total. The van der Waals surface area contributed by atoms with Crippen LogP contribution >= 0.6 is 7.60 Å². The van der Waals surface area contributed by atoms with Gasteiger partial charge in [-0.15, -0.1) is 0 Å². The van der Waals surface area contributed by atoms with Crippen LogP contribution in [0.5, 0.6) is 0 Å². The van der Waals surface area contributed by atoms with E-state index in [-0.39, 0.29) is 0 Å². The number of rotatable bonds is 4. The van der Waals surface area contributed by atoms with Gasteiger partial charge in [-0.3, -0.25) is 0 Å². The first-order chi connectivity index (χ1) is 6.07. The van der Waals surface area contributed by atoms with E-state index < -0.39 is 32.3 Å². The van der Waals surface area contributed by atoms with E-state index in [4.69, 9.17) is 9.79 Å². The molecule has 0 aromatic heterocycles. The molecule has 0 unspecified atom stereocenters. The van der Waals surface area contributed by atoms with Crippen molar-refractivity contribution in [2.45, 2.75) is 12.3 Å². The third kappa shape index (κ3) is 4.03. The smallest absolute Gasteiger partial charge is 0.433 e. The van der Waals surface area contributed by atoms with E-state index in [0.29, 0.717) is 0 Å². The molecule has 0 heterocycles. The van der Waals surface area contributed by atoms with Crippen molar-refractivity contribution in [2.24, 2.45) is 0 Å². The summed E-state index contributed by atoms with van der Waals surface area (Å²) in [5.74, 6) is -4.62. The van der Waals surface area contributed by atoms with Gasteiger partial charge >= 0.3 is 25.7 Å². The molecule has 0 rings (SSSR count). The van der Waals surface area contributed by atoms with Gasteiger partial charge in [0.15, 0.2) is 6.61 Å². The molecule has 5 nitrogen and oxygen atoms in total. The van der Waals surface area contributed by atoms with Crippen molar-refractivity contribution in [2.75, 3.05) is 6.61 Å². The van der Waals surface area contributed by atoms with Gasteiger partial charge in [0.1, 0.15) is 0 Å². The van der Waals surface area contributed by atoms with Gasteiger partial charge in [0.2, 0.25) is 0 Å². The van der Waals surface area contributed by atoms with Gasteiger partial charge in [-0.2, -0.15) is 8.78 Å². The highest BCUT2D eigenvalue weighted by molar-refractivity contribution is 7.69. The van der Waals surface area contributed by atoms with Crippen LogP contribution in [0.15, 0.2) is 0 Å². The van der Waals surface area contributed by atoms with Crippen LogP contribution in [0.1, 0.15) is 0 Å². The van der Waals surface area contributed by atoms with Crippen LogP contribution < -0.4 is 0 Å². The fourth-order valence-corrected chi connectivity index (χ4v) is 0.538. The number of carbonyl (C=O) groups excluding carboxylic acids is 1. The maximum absolute atomic E-state index is 12.0.